The minimum atomic E-state index is -0.217. The molecule has 0 radical (unpaired) electrons. The molecule has 0 bridgehead atoms. The summed E-state index contributed by atoms with van der Waals surface area (Å²) in [5.74, 6) is -0.217. The highest BCUT2D eigenvalue weighted by Crippen LogP contribution is 2.44. The highest BCUT2D eigenvalue weighted by Gasteiger charge is 2.34. The second-order valence-electron chi connectivity index (χ2n) is 6.70. The van der Waals surface area contributed by atoms with Crippen LogP contribution in [0.5, 0.6) is 0 Å². The van der Waals surface area contributed by atoms with Crippen LogP contribution in [-0.2, 0) is 4.74 Å². The number of imidazole rings is 1. The summed E-state index contributed by atoms with van der Waals surface area (Å²) in [6, 6.07) is 10.8. The van der Waals surface area contributed by atoms with Crippen LogP contribution in [0.4, 0.5) is 4.39 Å². The van der Waals surface area contributed by atoms with Gasteiger partial charge in [0.05, 0.1) is 42.2 Å². The fourth-order valence-corrected chi connectivity index (χ4v) is 4.75. The molecule has 1 aromatic carbocycles. The molecule has 28 heavy (non-hydrogen) atoms. The van der Waals surface area contributed by atoms with E-state index in [2.05, 4.69) is 26.1 Å². The molecule has 0 spiro atoms. The number of nitrogens with zero attached hydrogens (tertiary/aromatic N) is 3. The van der Waals surface area contributed by atoms with Crippen LogP contribution in [0.2, 0.25) is 0 Å². The van der Waals surface area contributed by atoms with Crippen LogP contribution in [-0.4, -0.2) is 52.4 Å². The lowest BCUT2D eigenvalue weighted by molar-refractivity contribution is 0.0148. The number of hydrogen-bond donors (Lipinski definition) is 1. The van der Waals surface area contributed by atoms with Crippen LogP contribution in [0, 0.1) is 5.82 Å². The van der Waals surface area contributed by atoms with Gasteiger partial charge < -0.3 is 9.72 Å². The maximum Gasteiger partial charge on any atom is 0.123 e. The van der Waals surface area contributed by atoms with Gasteiger partial charge in [0.1, 0.15) is 5.82 Å². The Hall–Kier alpha value is -2.22. The van der Waals surface area contributed by atoms with E-state index in [1.807, 2.05) is 24.3 Å². The molecule has 1 N–H and O–H groups in total. The molecule has 146 valence electrons. The summed E-state index contributed by atoms with van der Waals surface area (Å²) < 4.78 is 19.1. The number of morpholine rings is 1. The van der Waals surface area contributed by atoms with Crippen molar-refractivity contribution in [3.63, 3.8) is 0 Å². The number of thioether (sulfide) groups is 1. The van der Waals surface area contributed by atoms with E-state index in [1.54, 1.807) is 30.5 Å². The summed E-state index contributed by atoms with van der Waals surface area (Å²) in [4.78, 5) is 14.6. The number of pyridine rings is 1. The molecule has 2 unspecified atom stereocenters. The second kappa shape index (κ2) is 8.86. The van der Waals surface area contributed by atoms with Crippen molar-refractivity contribution in [2.75, 3.05) is 32.6 Å². The molecule has 7 heteroatoms. The first-order chi connectivity index (χ1) is 13.8. The molecule has 3 aromatic rings. The summed E-state index contributed by atoms with van der Waals surface area (Å²) >= 11 is 1.77. The fourth-order valence-electron chi connectivity index (χ4n) is 3.75. The van der Waals surface area contributed by atoms with Crippen molar-refractivity contribution in [3.8, 4) is 11.3 Å². The summed E-state index contributed by atoms with van der Waals surface area (Å²) in [7, 11) is 0. The number of hydrogen-bond acceptors (Lipinski definition) is 5. The molecule has 1 fully saturated rings. The smallest absolute Gasteiger partial charge is 0.123 e. The van der Waals surface area contributed by atoms with Gasteiger partial charge in [0, 0.05) is 31.0 Å². The number of rotatable bonds is 6. The highest BCUT2D eigenvalue weighted by molar-refractivity contribution is 7.98. The first kappa shape index (κ1) is 19.1. The third-order valence-corrected chi connectivity index (χ3v) is 6.13. The lowest BCUT2D eigenvalue weighted by Gasteiger charge is -2.38. The Kier molecular flexibility index (Phi) is 6.04. The largest absolute Gasteiger partial charge is 0.379 e. The molecular weight excluding hydrogens is 375 g/mol. The second-order valence-corrected chi connectivity index (χ2v) is 7.68. The summed E-state index contributed by atoms with van der Waals surface area (Å²) in [5.41, 5.74) is 4.13. The van der Waals surface area contributed by atoms with Gasteiger partial charge >= 0.3 is 0 Å². The zero-order valence-electron chi connectivity index (χ0n) is 15.7. The molecule has 1 aliphatic rings. The van der Waals surface area contributed by atoms with Crippen molar-refractivity contribution < 1.29 is 9.13 Å². The van der Waals surface area contributed by atoms with E-state index < -0.39 is 0 Å². The number of ether oxygens (including phenoxy) is 1. The monoisotopic (exact) mass is 398 g/mol. The number of H-pyrrole nitrogens is 1. The first-order valence-corrected chi connectivity index (χ1v) is 10.6. The van der Waals surface area contributed by atoms with Gasteiger partial charge in [0.25, 0.3) is 0 Å². The SMILES string of the molecule is CSC(c1ccc(F)cc1)C(c1[nH]cnc1-c1ccncc1)N1CCOCC1. The molecule has 1 saturated heterocycles. The summed E-state index contributed by atoms with van der Waals surface area (Å²) in [6.45, 7) is 3.11. The number of aromatic amines is 1. The molecule has 0 saturated carbocycles. The predicted molar refractivity (Wildman–Crippen MR) is 110 cm³/mol. The third-order valence-electron chi connectivity index (χ3n) is 5.10. The normalized spacial score (nSPS) is 17.4. The van der Waals surface area contributed by atoms with Crippen LogP contribution >= 0.6 is 11.8 Å². The van der Waals surface area contributed by atoms with Crippen molar-refractivity contribution in [1.82, 2.24) is 19.9 Å². The molecule has 4 rings (SSSR count). The maximum atomic E-state index is 13.5. The third kappa shape index (κ3) is 3.97. The van der Waals surface area contributed by atoms with Crippen molar-refractivity contribution in [3.05, 3.63) is 72.2 Å². The highest BCUT2D eigenvalue weighted by atomic mass is 32.2. The quantitative estimate of drug-likeness (QED) is 0.678. The Morgan fingerprint density at radius 1 is 1.11 bits per heavy atom. The maximum absolute atomic E-state index is 13.5. The minimum absolute atomic E-state index is 0.0648. The fraction of sp³-hybridized carbons (Fsp3) is 0.333. The van der Waals surface area contributed by atoms with Gasteiger partial charge in [-0.3, -0.25) is 9.88 Å². The van der Waals surface area contributed by atoms with Crippen LogP contribution in [0.25, 0.3) is 11.3 Å². The number of nitrogens with one attached hydrogen (secondary N) is 1. The Labute approximate surface area is 168 Å². The van der Waals surface area contributed by atoms with Crippen molar-refractivity contribution in [2.24, 2.45) is 0 Å². The Morgan fingerprint density at radius 2 is 1.82 bits per heavy atom. The minimum Gasteiger partial charge on any atom is -0.379 e. The standard InChI is InChI=1S/C21H23FN4OS/c1-28-21(16-2-4-17(22)5-3-16)20(26-10-12-27-13-11-26)19-18(24-14-25-19)15-6-8-23-9-7-15/h2-9,14,20-21H,10-13H2,1H3,(H,24,25). The molecule has 3 heterocycles. The number of halogens is 1. The Bertz CT molecular complexity index is 881. The van der Waals surface area contributed by atoms with Crippen LogP contribution in [0.1, 0.15) is 22.5 Å². The van der Waals surface area contributed by atoms with Gasteiger partial charge in [-0.25, -0.2) is 9.37 Å². The number of benzene rings is 1. The molecule has 5 nitrogen and oxygen atoms in total. The van der Waals surface area contributed by atoms with Crippen molar-refractivity contribution >= 4 is 11.8 Å². The van der Waals surface area contributed by atoms with Crippen LogP contribution < -0.4 is 0 Å². The lowest BCUT2D eigenvalue weighted by Crippen LogP contribution is -2.41. The average molecular weight is 399 g/mol. The van der Waals surface area contributed by atoms with E-state index in [1.165, 1.54) is 12.1 Å². The molecule has 0 aliphatic carbocycles. The van der Waals surface area contributed by atoms with Gasteiger partial charge in [0.15, 0.2) is 0 Å². The summed E-state index contributed by atoms with van der Waals surface area (Å²) in [5, 5.41) is 0.125. The van der Waals surface area contributed by atoms with Crippen LogP contribution in [0.15, 0.2) is 55.1 Å². The molecule has 2 aromatic heterocycles. The van der Waals surface area contributed by atoms with Gasteiger partial charge in [-0.1, -0.05) is 12.1 Å². The van der Waals surface area contributed by atoms with E-state index in [0.29, 0.717) is 13.2 Å². The topological polar surface area (TPSA) is 54.0 Å². The van der Waals surface area contributed by atoms with Crippen molar-refractivity contribution in [2.45, 2.75) is 11.3 Å². The Morgan fingerprint density at radius 3 is 2.50 bits per heavy atom. The van der Waals surface area contributed by atoms with E-state index in [9.17, 15) is 4.39 Å². The molecule has 1 aliphatic heterocycles. The molecular formula is C21H23FN4OS. The first-order valence-electron chi connectivity index (χ1n) is 9.31. The molecule has 0 amide bonds. The zero-order valence-corrected chi connectivity index (χ0v) is 16.5. The van der Waals surface area contributed by atoms with E-state index in [-0.39, 0.29) is 17.1 Å². The lowest BCUT2D eigenvalue weighted by atomic mass is 9.97. The Balaban J connectivity index is 1.78. The van der Waals surface area contributed by atoms with E-state index >= 15 is 0 Å². The van der Waals surface area contributed by atoms with Gasteiger partial charge in [-0.05, 0) is 36.1 Å². The zero-order chi connectivity index (χ0) is 19.3. The van der Waals surface area contributed by atoms with Crippen molar-refractivity contribution in [1.29, 1.82) is 0 Å². The summed E-state index contributed by atoms with van der Waals surface area (Å²) in [6.07, 6.45) is 7.41. The van der Waals surface area contributed by atoms with Gasteiger partial charge in [0.2, 0.25) is 0 Å². The van der Waals surface area contributed by atoms with Crippen LogP contribution in [0.3, 0.4) is 0 Å². The average Bonchev–Trinajstić information content (AvgIpc) is 3.23. The van der Waals surface area contributed by atoms with Gasteiger partial charge in [-0.2, -0.15) is 11.8 Å². The predicted octanol–water partition coefficient (Wildman–Crippen LogP) is 4.09. The van der Waals surface area contributed by atoms with Gasteiger partial charge in [-0.15, -0.1) is 0 Å². The molecule has 2 atom stereocenters. The van der Waals surface area contributed by atoms with E-state index in [0.717, 1.165) is 35.6 Å². The number of aromatic nitrogens is 3. The van der Waals surface area contributed by atoms with E-state index in [4.69, 9.17) is 4.74 Å².